The molecule has 1 N–H and O–H groups in total. The number of likely N-dealkylation sites (tertiary alicyclic amines) is 2. The Kier molecular flexibility index (Phi) is 5.65. The van der Waals surface area contributed by atoms with Crippen LogP contribution in [-0.4, -0.2) is 62.0 Å². The molecule has 0 atom stereocenters. The lowest BCUT2D eigenvalue weighted by Gasteiger charge is -2.32. The number of anilines is 1. The molecule has 0 aliphatic carbocycles. The summed E-state index contributed by atoms with van der Waals surface area (Å²) in [5.41, 5.74) is 1.83. The van der Waals surface area contributed by atoms with E-state index in [1.165, 1.54) is 0 Å². The van der Waals surface area contributed by atoms with Crippen LogP contribution in [0.2, 0.25) is 0 Å². The Morgan fingerprint density at radius 1 is 0.939 bits per heavy atom. The molecule has 5 rings (SSSR count). The molecule has 2 aromatic carbocycles. The van der Waals surface area contributed by atoms with Crippen LogP contribution in [0, 0.1) is 5.92 Å². The maximum absolute atomic E-state index is 12.9. The van der Waals surface area contributed by atoms with Crippen LogP contribution >= 0.6 is 0 Å². The predicted octanol–water partition coefficient (Wildman–Crippen LogP) is 2.72. The molecule has 0 radical (unpaired) electrons. The van der Waals surface area contributed by atoms with E-state index in [0.717, 1.165) is 25.9 Å². The Balaban J connectivity index is 1.21. The van der Waals surface area contributed by atoms with E-state index >= 15 is 0 Å². The number of carbonyl (C=O) groups is 2. The monoisotopic (exact) mass is 466 g/mol. The van der Waals surface area contributed by atoms with Gasteiger partial charge in [0.05, 0.1) is 0 Å². The molecule has 0 saturated carbocycles. The van der Waals surface area contributed by atoms with E-state index in [1.54, 1.807) is 48.5 Å². The van der Waals surface area contributed by atoms with Crippen LogP contribution in [0.4, 0.5) is 5.69 Å². The second kappa shape index (κ2) is 8.62. The van der Waals surface area contributed by atoms with Crippen molar-refractivity contribution in [3.05, 3.63) is 59.7 Å². The van der Waals surface area contributed by atoms with Gasteiger partial charge in [0, 0.05) is 48.9 Å². The number of sulfonamides is 1. The summed E-state index contributed by atoms with van der Waals surface area (Å²) in [6.07, 6.45) is 3.26. The van der Waals surface area contributed by atoms with E-state index in [9.17, 15) is 18.0 Å². The molecule has 0 bridgehead atoms. The number of hydrogen-bond acceptors (Lipinski definition) is 5. The zero-order valence-electron chi connectivity index (χ0n) is 18.2. The van der Waals surface area contributed by atoms with Gasteiger partial charge < -0.3 is 15.1 Å². The second-order valence-corrected chi connectivity index (χ2v) is 10.3. The van der Waals surface area contributed by atoms with Crippen LogP contribution in [0.25, 0.3) is 0 Å². The molecule has 3 aliphatic rings. The van der Waals surface area contributed by atoms with E-state index in [1.807, 2.05) is 9.80 Å². The Bertz CT molecular complexity index is 1230. The van der Waals surface area contributed by atoms with Gasteiger partial charge in [-0.2, -0.15) is 8.42 Å². The SMILES string of the molecule is O=C(Nc1cccc(C(=O)N2CCCC2)c1)C1CCN(C2=NS(=O)(=O)c3ccccc32)CC1. The molecule has 172 valence electrons. The summed E-state index contributed by atoms with van der Waals surface area (Å²) in [5.74, 6) is 0.205. The summed E-state index contributed by atoms with van der Waals surface area (Å²) in [4.78, 5) is 29.6. The first-order valence-electron chi connectivity index (χ1n) is 11.3. The van der Waals surface area contributed by atoms with Crippen LogP contribution in [-0.2, 0) is 14.8 Å². The second-order valence-electron chi connectivity index (χ2n) is 8.72. The highest BCUT2D eigenvalue weighted by Crippen LogP contribution is 2.30. The number of nitrogens with one attached hydrogen (secondary N) is 1. The van der Waals surface area contributed by atoms with E-state index in [4.69, 9.17) is 0 Å². The molecule has 8 nitrogen and oxygen atoms in total. The third-order valence-electron chi connectivity index (χ3n) is 6.55. The predicted molar refractivity (Wildman–Crippen MR) is 125 cm³/mol. The number of benzene rings is 2. The maximum Gasteiger partial charge on any atom is 0.285 e. The molecule has 3 heterocycles. The summed E-state index contributed by atoms with van der Waals surface area (Å²) in [6, 6.07) is 13.9. The van der Waals surface area contributed by atoms with Crippen LogP contribution in [0.5, 0.6) is 0 Å². The first-order chi connectivity index (χ1) is 15.9. The fourth-order valence-electron chi connectivity index (χ4n) is 4.75. The molecule has 9 heteroatoms. The van der Waals surface area contributed by atoms with E-state index < -0.39 is 10.0 Å². The largest absolute Gasteiger partial charge is 0.355 e. The van der Waals surface area contributed by atoms with Crippen molar-refractivity contribution < 1.29 is 18.0 Å². The number of fused-ring (bicyclic) bond motifs is 1. The molecule has 0 spiro atoms. The molecule has 3 aliphatic heterocycles. The zero-order chi connectivity index (χ0) is 23.0. The summed E-state index contributed by atoms with van der Waals surface area (Å²) in [7, 11) is -3.66. The highest BCUT2D eigenvalue weighted by molar-refractivity contribution is 7.90. The summed E-state index contributed by atoms with van der Waals surface area (Å²) >= 11 is 0. The van der Waals surface area contributed by atoms with E-state index in [0.29, 0.717) is 48.6 Å². The molecule has 2 aromatic rings. The highest BCUT2D eigenvalue weighted by atomic mass is 32.2. The van der Waals surface area contributed by atoms with Crippen molar-refractivity contribution in [1.29, 1.82) is 0 Å². The minimum atomic E-state index is -3.66. The molecule has 0 aromatic heterocycles. The number of nitrogens with zero attached hydrogens (tertiary/aromatic N) is 3. The normalized spacial score (nSPS) is 19.8. The fraction of sp³-hybridized carbons (Fsp3) is 0.375. The maximum atomic E-state index is 12.9. The van der Waals surface area contributed by atoms with Crippen LogP contribution < -0.4 is 5.32 Å². The van der Waals surface area contributed by atoms with Gasteiger partial charge >= 0.3 is 0 Å². The number of piperidine rings is 1. The third kappa shape index (κ3) is 4.25. The summed E-state index contributed by atoms with van der Waals surface area (Å²) in [6.45, 7) is 2.67. The molecule has 2 fully saturated rings. The zero-order valence-corrected chi connectivity index (χ0v) is 19.1. The smallest absolute Gasteiger partial charge is 0.285 e. The van der Waals surface area contributed by atoms with Gasteiger partial charge in [-0.15, -0.1) is 4.40 Å². The number of amidine groups is 1. The Hall–Kier alpha value is -3.20. The third-order valence-corrected chi connectivity index (χ3v) is 7.87. The quantitative estimate of drug-likeness (QED) is 0.750. The van der Waals surface area contributed by atoms with Gasteiger partial charge in [0.1, 0.15) is 4.90 Å². The summed E-state index contributed by atoms with van der Waals surface area (Å²) in [5, 5.41) is 2.96. The van der Waals surface area contributed by atoms with Crippen molar-refractivity contribution >= 4 is 33.4 Å². The van der Waals surface area contributed by atoms with E-state index in [2.05, 4.69) is 9.71 Å². The van der Waals surface area contributed by atoms with Gasteiger partial charge in [0.2, 0.25) is 5.91 Å². The molecular formula is C24H26N4O4S. The number of rotatable bonds is 3. The topological polar surface area (TPSA) is 99.2 Å². The van der Waals surface area contributed by atoms with Gasteiger partial charge in [0.15, 0.2) is 5.84 Å². The van der Waals surface area contributed by atoms with Gasteiger partial charge in [-0.1, -0.05) is 18.2 Å². The standard InChI is InChI=1S/C24H26N4O4S/c29-23(25-19-7-5-6-18(16-19)24(30)28-12-3-4-13-28)17-10-14-27(15-11-17)22-20-8-1-2-9-21(20)33(31,32)26-22/h1-2,5-9,16-17H,3-4,10-15H2,(H,25,29). The van der Waals surface area contributed by atoms with Crippen molar-refractivity contribution in [3.63, 3.8) is 0 Å². The number of amides is 2. The number of hydrogen-bond donors (Lipinski definition) is 1. The minimum absolute atomic E-state index is 0.00415. The Morgan fingerprint density at radius 2 is 1.67 bits per heavy atom. The fourth-order valence-corrected chi connectivity index (χ4v) is 5.97. The van der Waals surface area contributed by atoms with Crippen molar-refractivity contribution in [2.45, 2.75) is 30.6 Å². The van der Waals surface area contributed by atoms with Crippen molar-refractivity contribution in [3.8, 4) is 0 Å². The molecule has 0 unspecified atom stereocenters. The lowest BCUT2D eigenvalue weighted by Crippen LogP contribution is -2.41. The molecule has 2 amide bonds. The lowest BCUT2D eigenvalue weighted by atomic mass is 9.95. The van der Waals surface area contributed by atoms with Gasteiger partial charge in [-0.3, -0.25) is 9.59 Å². The highest BCUT2D eigenvalue weighted by Gasteiger charge is 2.34. The summed E-state index contributed by atoms with van der Waals surface area (Å²) < 4.78 is 28.7. The van der Waals surface area contributed by atoms with Crippen molar-refractivity contribution in [2.75, 3.05) is 31.5 Å². The molecule has 2 saturated heterocycles. The number of carbonyl (C=O) groups excluding carboxylic acids is 2. The molecule has 33 heavy (non-hydrogen) atoms. The first kappa shape index (κ1) is 21.6. The average molecular weight is 467 g/mol. The Labute approximate surface area is 193 Å². The van der Waals surface area contributed by atoms with Crippen molar-refractivity contribution in [1.82, 2.24) is 9.80 Å². The van der Waals surface area contributed by atoms with Crippen LogP contribution in [0.3, 0.4) is 0 Å². The minimum Gasteiger partial charge on any atom is -0.355 e. The van der Waals surface area contributed by atoms with Gasteiger partial charge in [-0.25, -0.2) is 0 Å². The average Bonchev–Trinajstić information content (AvgIpc) is 3.46. The van der Waals surface area contributed by atoms with Gasteiger partial charge in [0.25, 0.3) is 15.9 Å². The van der Waals surface area contributed by atoms with Gasteiger partial charge in [-0.05, 0) is 56.0 Å². The Morgan fingerprint density at radius 3 is 2.42 bits per heavy atom. The van der Waals surface area contributed by atoms with Crippen molar-refractivity contribution in [2.24, 2.45) is 10.3 Å². The van der Waals surface area contributed by atoms with E-state index in [-0.39, 0.29) is 22.6 Å². The van der Waals surface area contributed by atoms with Crippen LogP contribution in [0.15, 0.2) is 57.8 Å². The lowest BCUT2D eigenvalue weighted by molar-refractivity contribution is -0.120. The first-order valence-corrected chi connectivity index (χ1v) is 12.8. The van der Waals surface area contributed by atoms with Crippen LogP contribution in [0.1, 0.15) is 41.6 Å². The molecular weight excluding hydrogens is 440 g/mol.